The molecule has 0 aliphatic heterocycles. The van der Waals surface area contributed by atoms with Crippen LogP contribution in [0, 0.1) is 0 Å². The Hall–Kier alpha value is -1.52. The molecule has 0 saturated carbocycles. The van der Waals surface area contributed by atoms with Crippen molar-refractivity contribution in [1.82, 2.24) is 9.78 Å². The molecule has 0 fully saturated rings. The maximum absolute atomic E-state index is 5.98. The number of nitrogen functional groups attached to an aromatic ring is 1. The van der Waals surface area contributed by atoms with Crippen molar-refractivity contribution in [3.8, 4) is 11.3 Å². The van der Waals surface area contributed by atoms with Crippen LogP contribution in [-0.4, -0.2) is 15.8 Å². The van der Waals surface area contributed by atoms with Gasteiger partial charge >= 0.3 is 0 Å². The van der Waals surface area contributed by atoms with Crippen LogP contribution in [0.3, 0.4) is 0 Å². The lowest BCUT2D eigenvalue weighted by atomic mass is 10.1. The van der Waals surface area contributed by atoms with Crippen LogP contribution < -0.4 is 11.5 Å². The van der Waals surface area contributed by atoms with Gasteiger partial charge in [-0.05, 0) is 25.1 Å². The van der Waals surface area contributed by atoms with E-state index in [2.05, 4.69) is 5.10 Å². The molecule has 5 heteroatoms. The molecule has 1 aromatic carbocycles. The van der Waals surface area contributed by atoms with Gasteiger partial charge in [-0.25, -0.2) is 0 Å². The van der Waals surface area contributed by atoms with E-state index in [1.54, 1.807) is 6.07 Å². The van der Waals surface area contributed by atoms with Gasteiger partial charge in [0.25, 0.3) is 0 Å². The Bertz CT molecular complexity index is 519. The normalized spacial score (nSPS) is 12.6. The van der Waals surface area contributed by atoms with Gasteiger partial charge in [-0.2, -0.15) is 5.10 Å². The van der Waals surface area contributed by atoms with Gasteiger partial charge in [-0.1, -0.05) is 17.7 Å². The Labute approximate surface area is 105 Å². The average molecular weight is 251 g/mol. The second-order valence-electron chi connectivity index (χ2n) is 4.14. The zero-order valence-electron chi connectivity index (χ0n) is 9.60. The van der Waals surface area contributed by atoms with E-state index in [9.17, 15) is 0 Å². The van der Waals surface area contributed by atoms with Crippen LogP contribution >= 0.6 is 11.6 Å². The Morgan fingerprint density at radius 2 is 2.18 bits per heavy atom. The largest absolute Gasteiger partial charge is 0.398 e. The monoisotopic (exact) mass is 250 g/mol. The number of rotatable bonds is 3. The van der Waals surface area contributed by atoms with Crippen LogP contribution in [0.15, 0.2) is 30.5 Å². The van der Waals surface area contributed by atoms with Crippen LogP contribution in [0.4, 0.5) is 5.69 Å². The van der Waals surface area contributed by atoms with Crippen molar-refractivity contribution >= 4 is 17.3 Å². The number of benzene rings is 1. The van der Waals surface area contributed by atoms with Gasteiger partial charge in [0.1, 0.15) is 0 Å². The van der Waals surface area contributed by atoms with Gasteiger partial charge in [0.05, 0.1) is 22.9 Å². The SMILES string of the molecule is C[C@H](N)Cn1ccc(-c2ccc(N)c(Cl)c2)n1. The summed E-state index contributed by atoms with van der Waals surface area (Å²) in [5, 5.41) is 4.97. The van der Waals surface area contributed by atoms with Crippen LogP contribution in [-0.2, 0) is 6.54 Å². The first-order valence-corrected chi connectivity index (χ1v) is 5.78. The lowest BCUT2D eigenvalue weighted by Crippen LogP contribution is -2.22. The first-order chi connectivity index (χ1) is 8.06. The molecule has 17 heavy (non-hydrogen) atoms. The van der Waals surface area contributed by atoms with E-state index in [0.717, 1.165) is 11.3 Å². The second kappa shape index (κ2) is 4.77. The highest BCUT2D eigenvalue weighted by atomic mass is 35.5. The zero-order valence-corrected chi connectivity index (χ0v) is 10.4. The smallest absolute Gasteiger partial charge is 0.0923 e. The predicted molar refractivity (Wildman–Crippen MR) is 70.7 cm³/mol. The Morgan fingerprint density at radius 3 is 2.82 bits per heavy atom. The molecular weight excluding hydrogens is 236 g/mol. The molecule has 1 heterocycles. The summed E-state index contributed by atoms with van der Waals surface area (Å²) in [6, 6.07) is 7.51. The molecule has 0 saturated heterocycles. The number of hydrogen-bond acceptors (Lipinski definition) is 3. The summed E-state index contributed by atoms with van der Waals surface area (Å²) in [6.45, 7) is 2.64. The molecule has 0 amide bonds. The first-order valence-electron chi connectivity index (χ1n) is 5.40. The number of nitrogens with two attached hydrogens (primary N) is 2. The highest BCUT2D eigenvalue weighted by Crippen LogP contribution is 2.25. The van der Waals surface area contributed by atoms with Gasteiger partial charge in [-0.15, -0.1) is 0 Å². The molecular formula is C12H15ClN4. The molecule has 90 valence electrons. The fraction of sp³-hybridized carbons (Fsp3) is 0.250. The Kier molecular flexibility index (Phi) is 3.36. The molecule has 1 aromatic heterocycles. The van der Waals surface area contributed by atoms with E-state index in [1.165, 1.54) is 0 Å². The third-order valence-corrected chi connectivity index (χ3v) is 2.74. The third-order valence-electron chi connectivity index (χ3n) is 2.41. The summed E-state index contributed by atoms with van der Waals surface area (Å²) >= 11 is 5.98. The average Bonchev–Trinajstić information content (AvgIpc) is 2.69. The number of hydrogen-bond donors (Lipinski definition) is 2. The lowest BCUT2D eigenvalue weighted by Gasteiger charge is -2.04. The summed E-state index contributed by atoms with van der Waals surface area (Å²) in [7, 11) is 0. The fourth-order valence-corrected chi connectivity index (χ4v) is 1.78. The minimum Gasteiger partial charge on any atom is -0.398 e. The zero-order chi connectivity index (χ0) is 12.4. The molecule has 2 rings (SSSR count). The minimum atomic E-state index is 0.0813. The van der Waals surface area contributed by atoms with E-state index in [4.69, 9.17) is 23.1 Å². The quantitative estimate of drug-likeness (QED) is 0.820. The third kappa shape index (κ3) is 2.78. The molecule has 2 aromatic rings. The summed E-state index contributed by atoms with van der Waals surface area (Å²) in [5.74, 6) is 0. The van der Waals surface area contributed by atoms with Crippen molar-refractivity contribution in [2.24, 2.45) is 5.73 Å². The standard InChI is InChI=1S/C12H15ClN4/c1-8(14)7-17-5-4-12(16-17)9-2-3-11(15)10(13)6-9/h2-6,8H,7,14-15H2,1H3/t8-/m0/s1. The van der Waals surface area contributed by atoms with E-state index in [-0.39, 0.29) is 6.04 Å². The highest BCUT2D eigenvalue weighted by molar-refractivity contribution is 6.33. The van der Waals surface area contributed by atoms with Crippen LogP contribution in [0.1, 0.15) is 6.92 Å². The van der Waals surface area contributed by atoms with Crippen molar-refractivity contribution < 1.29 is 0 Å². The number of anilines is 1. The molecule has 0 aliphatic carbocycles. The van der Waals surface area contributed by atoms with E-state index in [0.29, 0.717) is 17.3 Å². The van der Waals surface area contributed by atoms with E-state index in [1.807, 2.05) is 36.0 Å². The molecule has 0 bridgehead atoms. The van der Waals surface area contributed by atoms with Gasteiger partial charge < -0.3 is 11.5 Å². The van der Waals surface area contributed by atoms with E-state index >= 15 is 0 Å². The number of halogens is 1. The summed E-state index contributed by atoms with van der Waals surface area (Å²) in [6.07, 6.45) is 1.91. The highest BCUT2D eigenvalue weighted by Gasteiger charge is 2.05. The van der Waals surface area contributed by atoms with Crippen molar-refractivity contribution in [1.29, 1.82) is 0 Å². The molecule has 0 spiro atoms. The van der Waals surface area contributed by atoms with Gasteiger partial charge in [0.2, 0.25) is 0 Å². The maximum atomic E-state index is 5.98. The second-order valence-corrected chi connectivity index (χ2v) is 4.54. The summed E-state index contributed by atoms with van der Waals surface area (Å²) in [4.78, 5) is 0. The fourth-order valence-electron chi connectivity index (χ4n) is 1.60. The molecule has 4 N–H and O–H groups in total. The maximum Gasteiger partial charge on any atom is 0.0923 e. The van der Waals surface area contributed by atoms with Crippen LogP contribution in [0.5, 0.6) is 0 Å². The summed E-state index contributed by atoms with van der Waals surface area (Å²) in [5.41, 5.74) is 13.8. The van der Waals surface area contributed by atoms with Crippen molar-refractivity contribution in [2.45, 2.75) is 19.5 Å². The van der Waals surface area contributed by atoms with Crippen molar-refractivity contribution in [3.05, 3.63) is 35.5 Å². The summed E-state index contributed by atoms with van der Waals surface area (Å²) < 4.78 is 1.82. The minimum absolute atomic E-state index is 0.0813. The Morgan fingerprint density at radius 1 is 1.41 bits per heavy atom. The lowest BCUT2D eigenvalue weighted by molar-refractivity contribution is 0.540. The van der Waals surface area contributed by atoms with Crippen molar-refractivity contribution in [2.75, 3.05) is 5.73 Å². The Balaban J connectivity index is 2.27. The number of aromatic nitrogens is 2. The molecule has 4 nitrogen and oxygen atoms in total. The first kappa shape index (κ1) is 12.0. The van der Waals surface area contributed by atoms with Gasteiger partial charge in [0.15, 0.2) is 0 Å². The number of nitrogens with zero attached hydrogens (tertiary/aromatic N) is 2. The predicted octanol–water partition coefficient (Wildman–Crippen LogP) is 2.13. The molecule has 0 aliphatic rings. The topological polar surface area (TPSA) is 69.9 Å². The van der Waals surface area contributed by atoms with Gasteiger partial charge in [-0.3, -0.25) is 4.68 Å². The van der Waals surface area contributed by atoms with Crippen LogP contribution in [0.25, 0.3) is 11.3 Å². The van der Waals surface area contributed by atoms with Gasteiger partial charge in [0, 0.05) is 17.8 Å². The molecule has 1 atom stereocenters. The molecule has 0 unspecified atom stereocenters. The van der Waals surface area contributed by atoms with Crippen molar-refractivity contribution in [3.63, 3.8) is 0 Å². The van der Waals surface area contributed by atoms with Crippen LogP contribution in [0.2, 0.25) is 5.02 Å². The van der Waals surface area contributed by atoms with E-state index < -0.39 is 0 Å². The molecule has 0 radical (unpaired) electrons.